The summed E-state index contributed by atoms with van der Waals surface area (Å²) < 4.78 is 0. The number of aliphatic hydroxyl groups excluding tert-OH is 15. The van der Waals surface area contributed by atoms with Crippen molar-refractivity contribution in [1.82, 2.24) is 21.8 Å². The van der Waals surface area contributed by atoms with Crippen LogP contribution in [0.3, 0.4) is 0 Å². The van der Waals surface area contributed by atoms with Crippen LogP contribution in [0, 0.1) is 0 Å². The summed E-state index contributed by atoms with van der Waals surface area (Å²) in [4.78, 5) is 15.5. The Hall–Kier alpha value is -0.880. The van der Waals surface area contributed by atoms with Crippen LogP contribution in [0.2, 0.25) is 0 Å². The van der Waals surface area contributed by atoms with Gasteiger partial charge in [-0.05, 0) is 45.6 Å². The van der Waals surface area contributed by atoms with Crippen LogP contribution in [0.4, 0.5) is 0 Å². The SMILES string of the molecule is CNC(CCCNOCC(O)C(O)C(O)C(O)CO)(CCCNOCC(O)C(O)C(O)C(O)CO)CCCNOCC(O)C(O)C(O)C(O)CO. The van der Waals surface area contributed by atoms with Crippen molar-refractivity contribution in [3.05, 3.63) is 0 Å². The molecule has 0 amide bonds. The molecular weight excluding hydrogens is 692 g/mol. The molecule has 12 atom stereocenters. The molecule has 0 aliphatic rings. The third kappa shape index (κ3) is 19.9. The van der Waals surface area contributed by atoms with Gasteiger partial charge in [-0.1, -0.05) is 0 Å². The molecule has 0 fully saturated rings. The molecule has 0 aromatic rings. The van der Waals surface area contributed by atoms with Gasteiger partial charge < -0.3 is 81.9 Å². The van der Waals surface area contributed by atoms with Crippen LogP contribution in [0.25, 0.3) is 0 Å². The molecule has 0 aliphatic carbocycles. The summed E-state index contributed by atoms with van der Waals surface area (Å²) in [5.41, 5.74) is 7.51. The molecule has 0 aliphatic heterocycles. The first-order valence-electron chi connectivity index (χ1n) is 16.8. The maximum atomic E-state index is 9.98. The van der Waals surface area contributed by atoms with Crippen LogP contribution in [0.15, 0.2) is 0 Å². The smallest absolute Gasteiger partial charge is 0.111 e. The molecule has 308 valence electrons. The van der Waals surface area contributed by atoms with Crippen molar-refractivity contribution in [2.45, 2.75) is 117 Å². The average molecular weight is 757 g/mol. The van der Waals surface area contributed by atoms with Gasteiger partial charge in [0.1, 0.15) is 73.2 Å². The van der Waals surface area contributed by atoms with Gasteiger partial charge in [0.05, 0.1) is 39.6 Å². The van der Waals surface area contributed by atoms with E-state index in [1.807, 2.05) is 0 Å². The molecule has 22 heteroatoms. The van der Waals surface area contributed by atoms with Crippen LogP contribution in [-0.4, -0.2) is 222 Å². The monoisotopic (exact) mass is 756 g/mol. The average Bonchev–Trinajstić information content (AvgIpc) is 3.14. The summed E-state index contributed by atoms with van der Waals surface area (Å²) in [5.74, 6) is 0. The predicted molar refractivity (Wildman–Crippen MR) is 175 cm³/mol. The van der Waals surface area contributed by atoms with E-state index < -0.39 is 118 Å². The second kappa shape index (κ2) is 28.5. The molecule has 19 N–H and O–H groups in total. The first kappa shape index (κ1) is 50.1. The van der Waals surface area contributed by atoms with Crippen LogP contribution in [0.5, 0.6) is 0 Å². The summed E-state index contributed by atoms with van der Waals surface area (Å²) in [6, 6.07) is 0. The zero-order valence-corrected chi connectivity index (χ0v) is 29.0. The first-order chi connectivity index (χ1) is 24.1. The highest BCUT2D eigenvalue weighted by Gasteiger charge is 2.32. The zero-order valence-electron chi connectivity index (χ0n) is 29.0. The minimum Gasteiger partial charge on any atom is -0.394 e. The lowest BCUT2D eigenvalue weighted by Crippen LogP contribution is -2.48. The number of hydrogen-bond acceptors (Lipinski definition) is 22. The van der Waals surface area contributed by atoms with E-state index in [2.05, 4.69) is 21.8 Å². The number of hydroxylamine groups is 3. The van der Waals surface area contributed by atoms with Crippen molar-refractivity contribution >= 4 is 0 Å². The lowest BCUT2D eigenvalue weighted by atomic mass is 9.84. The van der Waals surface area contributed by atoms with Gasteiger partial charge in [0, 0.05) is 25.2 Å². The van der Waals surface area contributed by atoms with Gasteiger partial charge in [-0.2, -0.15) is 0 Å². The summed E-state index contributed by atoms with van der Waals surface area (Å²) in [5, 5.41) is 147. The normalized spacial score (nSPS) is 20.7. The fourth-order valence-electron chi connectivity index (χ4n) is 4.88. The maximum Gasteiger partial charge on any atom is 0.111 e. The Bertz CT molecular complexity index is 734. The van der Waals surface area contributed by atoms with Crippen LogP contribution >= 0.6 is 0 Å². The van der Waals surface area contributed by atoms with Gasteiger partial charge >= 0.3 is 0 Å². The standard InChI is InChI=1S/C29H64N4O18/c1-30-29(5-2-8-31-49-14-20(40)26(46)23(43)17(37)11-34,6-3-9-32-50-15-21(41)27(47)24(44)18(38)12-35)7-4-10-33-51-16-22(42)28(48)25(45)19(39)13-36/h17-28,30-48H,2-16H2,1H3. The topological polar surface area (TPSA) is 379 Å². The Labute approximate surface area is 296 Å². The highest BCUT2D eigenvalue weighted by atomic mass is 16.7. The lowest BCUT2D eigenvalue weighted by Gasteiger charge is -2.34. The van der Waals surface area contributed by atoms with Crippen molar-refractivity contribution in [2.75, 3.05) is 66.3 Å². The Morgan fingerprint density at radius 2 is 0.647 bits per heavy atom. The molecule has 0 saturated carbocycles. The Balaban J connectivity index is 4.93. The second-order valence-electron chi connectivity index (χ2n) is 12.4. The third-order valence-electron chi connectivity index (χ3n) is 8.38. The lowest BCUT2D eigenvalue weighted by molar-refractivity contribution is -0.137. The summed E-state index contributed by atoms with van der Waals surface area (Å²) in [6.45, 7) is -2.78. The fraction of sp³-hybridized carbons (Fsp3) is 1.00. The van der Waals surface area contributed by atoms with E-state index in [9.17, 15) is 61.3 Å². The summed E-state index contributed by atoms with van der Waals surface area (Å²) in [6.07, 6.45) is -16.8. The number of rotatable bonds is 34. The largest absolute Gasteiger partial charge is 0.394 e. The number of nitrogens with one attached hydrogen (secondary N) is 4. The second-order valence-corrected chi connectivity index (χ2v) is 12.4. The number of hydrogen-bond donors (Lipinski definition) is 19. The third-order valence-corrected chi connectivity index (χ3v) is 8.38. The van der Waals surface area contributed by atoms with E-state index in [0.29, 0.717) is 58.2 Å². The zero-order chi connectivity index (χ0) is 39.0. The Kier molecular flexibility index (Phi) is 28.1. The molecule has 22 nitrogen and oxygen atoms in total. The molecule has 12 unspecified atom stereocenters. The highest BCUT2D eigenvalue weighted by Crippen LogP contribution is 2.25. The van der Waals surface area contributed by atoms with E-state index in [0.717, 1.165) is 0 Å². The van der Waals surface area contributed by atoms with Crippen molar-refractivity contribution in [2.24, 2.45) is 0 Å². The highest BCUT2D eigenvalue weighted by molar-refractivity contribution is 4.87. The molecule has 0 heterocycles. The maximum absolute atomic E-state index is 9.98. The summed E-state index contributed by atoms with van der Waals surface area (Å²) in [7, 11) is 1.77. The van der Waals surface area contributed by atoms with Gasteiger partial charge in [0.15, 0.2) is 0 Å². The molecule has 0 bridgehead atoms. The summed E-state index contributed by atoms with van der Waals surface area (Å²) >= 11 is 0. The van der Waals surface area contributed by atoms with Crippen LogP contribution in [0.1, 0.15) is 38.5 Å². The van der Waals surface area contributed by atoms with Crippen molar-refractivity contribution in [3.8, 4) is 0 Å². The Morgan fingerprint density at radius 1 is 0.412 bits per heavy atom. The van der Waals surface area contributed by atoms with E-state index in [-0.39, 0.29) is 0 Å². The molecule has 0 rings (SSSR count). The van der Waals surface area contributed by atoms with Gasteiger partial charge in [-0.25, -0.2) is 16.4 Å². The molecule has 0 radical (unpaired) electrons. The first-order valence-corrected chi connectivity index (χ1v) is 16.8. The van der Waals surface area contributed by atoms with Crippen molar-refractivity contribution in [3.63, 3.8) is 0 Å². The molecule has 0 saturated heterocycles. The van der Waals surface area contributed by atoms with Gasteiger partial charge in [-0.3, -0.25) is 14.5 Å². The van der Waals surface area contributed by atoms with Crippen LogP contribution in [-0.2, 0) is 14.5 Å². The molecule has 0 aromatic carbocycles. The van der Waals surface area contributed by atoms with E-state index >= 15 is 0 Å². The van der Waals surface area contributed by atoms with Gasteiger partial charge in [-0.15, -0.1) is 0 Å². The number of aliphatic hydroxyl groups is 15. The molecule has 0 aromatic heterocycles. The predicted octanol–water partition coefficient (Wildman–Crippen LogP) is -8.84. The van der Waals surface area contributed by atoms with Gasteiger partial charge in [0.2, 0.25) is 0 Å². The minimum absolute atomic E-state index is 0.310. The Morgan fingerprint density at radius 3 is 0.863 bits per heavy atom. The van der Waals surface area contributed by atoms with E-state index in [1.54, 1.807) is 7.05 Å². The van der Waals surface area contributed by atoms with E-state index in [1.165, 1.54) is 0 Å². The fourth-order valence-corrected chi connectivity index (χ4v) is 4.88. The van der Waals surface area contributed by atoms with E-state index in [4.69, 9.17) is 29.8 Å². The quantitative estimate of drug-likeness (QED) is 0.0214. The van der Waals surface area contributed by atoms with Gasteiger partial charge in [0.25, 0.3) is 0 Å². The molecular formula is C29H64N4O18. The molecule has 51 heavy (non-hydrogen) atoms. The van der Waals surface area contributed by atoms with Crippen molar-refractivity contribution in [1.29, 1.82) is 0 Å². The minimum atomic E-state index is -1.78. The molecule has 0 spiro atoms. The van der Waals surface area contributed by atoms with Crippen LogP contribution < -0.4 is 21.8 Å². The van der Waals surface area contributed by atoms with Crippen molar-refractivity contribution < 1.29 is 91.1 Å².